The zero-order valence-electron chi connectivity index (χ0n) is 21.8. The van der Waals surface area contributed by atoms with Crippen molar-refractivity contribution in [1.29, 1.82) is 0 Å². The van der Waals surface area contributed by atoms with Gasteiger partial charge in [0.15, 0.2) is 7.14 Å². The summed E-state index contributed by atoms with van der Waals surface area (Å²) in [6.45, 7) is 3.14. The molecular weight excluding hydrogens is 624 g/mol. The van der Waals surface area contributed by atoms with Crippen LogP contribution in [0.2, 0.25) is 0 Å². The van der Waals surface area contributed by atoms with Gasteiger partial charge in [-0.25, -0.2) is 0 Å². The average molecular weight is 667 g/mol. The van der Waals surface area contributed by atoms with Gasteiger partial charge in [0.1, 0.15) is 5.75 Å². The van der Waals surface area contributed by atoms with E-state index < -0.39 is 7.81 Å². The summed E-state index contributed by atoms with van der Waals surface area (Å²) >= 11 is -0.0748. The van der Waals surface area contributed by atoms with Crippen LogP contribution >= 0.6 is 7.81 Å². The van der Waals surface area contributed by atoms with E-state index in [4.69, 9.17) is 4.74 Å². The predicted molar refractivity (Wildman–Crippen MR) is 140 cm³/mol. The molecule has 214 valence electrons. The molecule has 0 atom stereocenters. The first kappa shape index (κ1) is 34.0. The Kier molecular flexibility index (Phi) is 15.5. The second-order valence-corrected chi connectivity index (χ2v) is 14.2. The summed E-state index contributed by atoms with van der Waals surface area (Å²) in [5.41, 5.74) is 0. The van der Waals surface area contributed by atoms with Gasteiger partial charge in [0.2, 0.25) is 0 Å². The van der Waals surface area contributed by atoms with Crippen molar-refractivity contribution >= 4 is 7.81 Å². The number of halogens is 7. The van der Waals surface area contributed by atoms with Crippen LogP contribution in [0.15, 0.2) is 54.6 Å². The van der Waals surface area contributed by atoms with Crippen molar-refractivity contribution in [2.24, 2.45) is 0 Å². The van der Waals surface area contributed by atoms with Gasteiger partial charge in [0.25, 0.3) is 0 Å². The molecule has 1 nitrogen and oxygen atoms in total. The van der Waals surface area contributed by atoms with Gasteiger partial charge < -0.3 is 4.74 Å². The van der Waals surface area contributed by atoms with E-state index in [0.29, 0.717) is 0 Å². The fourth-order valence-corrected chi connectivity index (χ4v) is 5.90. The molecule has 0 heterocycles. The Morgan fingerprint density at radius 1 is 0.541 bits per heavy atom. The molecule has 0 aliphatic rings. The molecule has 0 radical (unpaired) electrons. The molecule has 0 aliphatic carbocycles. The first-order valence-corrected chi connectivity index (χ1v) is 17.5. The maximum absolute atomic E-state index is 10.7. The predicted octanol–water partition coefficient (Wildman–Crippen LogP) is 9.06. The van der Waals surface area contributed by atoms with Crippen molar-refractivity contribution < 1.29 is 51.1 Å². The fraction of sp³-hybridized carbons (Fsp3) is 0.571. The second kappa shape index (κ2) is 16.8. The van der Waals surface area contributed by atoms with E-state index in [0.717, 1.165) is 12.4 Å². The van der Waals surface area contributed by atoms with Crippen LogP contribution in [0, 0.1) is 7.14 Å². The molecule has 0 saturated heterocycles. The van der Waals surface area contributed by atoms with E-state index in [9.17, 15) is 25.2 Å². The van der Waals surface area contributed by atoms with Crippen LogP contribution in [0.3, 0.4) is 0 Å². The number of benzene rings is 2. The molecule has 2 aromatic rings. The first-order chi connectivity index (χ1) is 17.3. The molecule has 0 spiro atoms. The van der Waals surface area contributed by atoms with E-state index >= 15 is 0 Å². The third-order valence-electron chi connectivity index (χ3n) is 5.53. The Hall–Kier alpha value is -1.02. The molecule has 0 bridgehead atoms. The van der Waals surface area contributed by atoms with Gasteiger partial charge in [-0.15, -0.1) is 0 Å². The molecule has 0 saturated carbocycles. The van der Waals surface area contributed by atoms with E-state index in [1.165, 1.54) is 97.0 Å². The van der Waals surface area contributed by atoms with Gasteiger partial charge in [-0.3, -0.25) is 0 Å². The van der Waals surface area contributed by atoms with Crippen LogP contribution in [0.25, 0.3) is 0 Å². The van der Waals surface area contributed by atoms with Crippen molar-refractivity contribution in [3.63, 3.8) is 0 Å². The number of ether oxygens (including phenoxy) is 1. The second-order valence-electron chi connectivity index (χ2n) is 9.25. The summed E-state index contributed by atoms with van der Waals surface area (Å²) in [5, 5.41) is 0. The van der Waals surface area contributed by atoms with Crippen LogP contribution in [-0.4, -0.2) is 6.61 Å². The SMILES string of the molecule is CCCCCCCCCCCCCCCCOc1ccc([I+]c2ccccc2)cc1.F[P-](F)(F)(F)(F)F. The zero-order valence-corrected chi connectivity index (χ0v) is 24.9. The molecule has 9 heteroatoms. The molecule has 0 amide bonds. The normalized spacial score (nSPS) is 13.3. The quantitative estimate of drug-likeness (QED) is 0.0668. The summed E-state index contributed by atoms with van der Waals surface area (Å²) in [4.78, 5) is 0. The first-order valence-electron chi connectivity index (χ1n) is 13.3. The maximum atomic E-state index is 9.87. The molecule has 37 heavy (non-hydrogen) atoms. The fourth-order valence-electron chi connectivity index (χ4n) is 3.68. The van der Waals surface area contributed by atoms with E-state index in [1.807, 2.05) is 0 Å². The number of hydrogen-bond acceptors (Lipinski definition) is 1. The topological polar surface area (TPSA) is 9.23 Å². The van der Waals surface area contributed by atoms with E-state index in [1.54, 1.807) is 0 Å². The number of unbranched alkanes of at least 4 members (excludes halogenated alkanes) is 13. The van der Waals surface area contributed by atoms with Crippen LogP contribution in [0.1, 0.15) is 96.8 Å². The van der Waals surface area contributed by atoms with E-state index in [2.05, 4.69) is 61.5 Å². The summed E-state index contributed by atoms with van der Waals surface area (Å²) in [5.74, 6) is 1.02. The summed E-state index contributed by atoms with van der Waals surface area (Å²) in [6.07, 6.45) is 19.6. The Morgan fingerprint density at radius 2 is 0.919 bits per heavy atom. The molecule has 2 aromatic carbocycles. The summed E-state index contributed by atoms with van der Waals surface area (Å²) in [6, 6.07) is 19.6. The van der Waals surface area contributed by atoms with Crippen LogP contribution in [-0.2, 0) is 0 Å². The van der Waals surface area contributed by atoms with Gasteiger partial charge in [-0.2, -0.15) is 0 Å². The molecule has 0 N–H and O–H groups in total. The molecule has 0 fully saturated rings. The van der Waals surface area contributed by atoms with Crippen molar-refractivity contribution in [2.75, 3.05) is 6.61 Å². The minimum absolute atomic E-state index is 0.0748. The third-order valence-corrected chi connectivity index (χ3v) is 8.22. The third kappa shape index (κ3) is 26.4. The van der Waals surface area contributed by atoms with Crippen molar-refractivity contribution in [1.82, 2.24) is 0 Å². The van der Waals surface area contributed by atoms with Crippen molar-refractivity contribution in [3.05, 3.63) is 61.7 Å². The average Bonchev–Trinajstić information content (AvgIpc) is 2.81. The van der Waals surface area contributed by atoms with E-state index in [-0.39, 0.29) is 21.2 Å². The summed E-state index contributed by atoms with van der Waals surface area (Å²) < 4.78 is 68.0. The molecular formula is C28H42F6IOP. The molecule has 0 aromatic heterocycles. The minimum atomic E-state index is -10.7. The molecule has 0 unspecified atom stereocenters. The number of hydrogen-bond donors (Lipinski definition) is 0. The van der Waals surface area contributed by atoms with Crippen LogP contribution < -0.4 is 25.9 Å². The summed E-state index contributed by atoms with van der Waals surface area (Å²) in [7, 11) is -10.7. The Labute approximate surface area is 229 Å². The zero-order chi connectivity index (χ0) is 27.5. The van der Waals surface area contributed by atoms with Crippen molar-refractivity contribution in [2.45, 2.75) is 96.8 Å². The van der Waals surface area contributed by atoms with Gasteiger partial charge in [0, 0.05) is 0 Å². The number of rotatable bonds is 18. The molecule has 2 rings (SSSR count). The van der Waals surface area contributed by atoms with Crippen LogP contribution in [0.5, 0.6) is 5.75 Å². The van der Waals surface area contributed by atoms with Gasteiger partial charge in [-0.05, 0) is 42.8 Å². The van der Waals surface area contributed by atoms with Gasteiger partial charge >= 0.3 is 54.2 Å². The van der Waals surface area contributed by atoms with Crippen molar-refractivity contribution in [3.8, 4) is 5.75 Å². The van der Waals surface area contributed by atoms with Gasteiger partial charge in [0.05, 0.1) is 6.61 Å². The molecule has 0 aliphatic heterocycles. The Morgan fingerprint density at radius 3 is 1.35 bits per heavy atom. The Bertz CT molecular complexity index is 818. The monoisotopic (exact) mass is 666 g/mol. The van der Waals surface area contributed by atoms with Gasteiger partial charge in [-0.1, -0.05) is 109 Å². The standard InChI is InChI=1S/C28H42IO.F6P/c1-2-3-4-5-6-7-8-9-10-11-12-13-14-18-25-30-28-23-21-27(22-24-28)29-26-19-16-15-17-20-26;1-7(2,3,4,5)6/h15-17,19-24H,2-14,18,25H2,1H3;/q+1;-1. The van der Waals surface area contributed by atoms with Crippen LogP contribution in [0.4, 0.5) is 25.2 Å². The Balaban J connectivity index is 0.000000856.